The zero-order valence-electron chi connectivity index (χ0n) is 21.3. The maximum atomic E-state index is 13.0. The van der Waals surface area contributed by atoms with Gasteiger partial charge in [0.25, 0.3) is 11.8 Å². The SMILES string of the molecule is CN(C(=O)c1ccc(Cl)cc1)C1CCC(c2ccc(NC(=O)c3cccn3C3CCNCC3)cc2)CC1. The number of nitrogens with zero attached hydrogens (tertiary/aromatic N) is 2. The molecule has 194 valence electrons. The van der Waals surface area contributed by atoms with Gasteiger partial charge in [-0.25, -0.2) is 0 Å². The van der Waals surface area contributed by atoms with Crippen LogP contribution < -0.4 is 10.6 Å². The Morgan fingerprint density at radius 1 is 0.919 bits per heavy atom. The highest BCUT2D eigenvalue weighted by molar-refractivity contribution is 6.30. The smallest absolute Gasteiger partial charge is 0.272 e. The second-order valence-corrected chi connectivity index (χ2v) is 10.7. The average Bonchev–Trinajstić information content (AvgIpc) is 3.44. The normalized spacial score (nSPS) is 20.4. The van der Waals surface area contributed by atoms with Gasteiger partial charge >= 0.3 is 0 Å². The van der Waals surface area contributed by atoms with E-state index in [1.54, 1.807) is 24.3 Å². The van der Waals surface area contributed by atoms with E-state index in [0.717, 1.165) is 57.3 Å². The minimum atomic E-state index is -0.0646. The molecule has 6 nitrogen and oxygen atoms in total. The van der Waals surface area contributed by atoms with Crippen LogP contribution in [0.25, 0.3) is 0 Å². The Bertz CT molecular complexity index is 1210. The van der Waals surface area contributed by atoms with Crippen molar-refractivity contribution in [2.45, 2.75) is 56.5 Å². The second-order valence-electron chi connectivity index (χ2n) is 10.3. The van der Waals surface area contributed by atoms with Crippen molar-refractivity contribution in [1.29, 1.82) is 0 Å². The number of amides is 2. The highest BCUT2D eigenvalue weighted by Crippen LogP contribution is 2.35. The van der Waals surface area contributed by atoms with Crippen LogP contribution in [-0.4, -0.2) is 47.5 Å². The Kier molecular flexibility index (Phi) is 7.96. The van der Waals surface area contributed by atoms with E-state index < -0.39 is 0 Å². The van der Waals surface area contributed by atoms with Crippen molar-refractivity contribution in [3.63, 3.8) is 0 Å². The van der Waals surface area contributed by atoms with Gasteiger partial charge in [-0.2, -0.15) is 0 Å². The summed E-state index contributed by atoms with van der Waals surface area (Å²) in [5.74, 6) is 0.453. The lowest BCUT2D eigenvalue weighted by molar-refractivity contribution is 0.0689. The van der Waals surface area contributed by atoms with Crippen LogP contribution in [0.5, 0.6) is 0 Å². The monoisotopic (exact) mass is 518 g/mol. The van der Waals surface area contributed by atoms with Gasteiger partial charge in [0.05, 0.1) is 0 Å². The van der Waals surface area contributed by atoms with Crippen LogP contribution in [0, 0.1) is 0 Å². The average molecular weight is 519 g/mol. The van der Waals surface area contributed by atoms with E-state index in [1.165, 1.54) is 5.56 Å². The highest BCUT2D eigenvalue weighted by atomic mass is 35.5. The maximum absolute atomic E-state index is 13.0. The first-order valence-electron chi connectivity index (χ1n) is 13.3. The molecule has 7 heteroatoms. The molecule has 2 aliphatic rings. The zero-order valence-corrected chi connectivity index (χ0v) is 22.1. The molecule has 37 heavy (non-hydrogen) atoms. The van der Waals surface area contributed by atoms with Crippen LogP contribution in [0.3, 0.4) is 0 Å². The summed E-state index contributed by atoms with van der Waals surface area (Å²) in [6.45, 7) is 1.98. The molecule has 2 aromatic carbocycles. The number of hydrogen-bond acceptors (Lipinski definition) is 3. The summed E-state index contributed by atoms with van der Waals surface area (Å²) in [6.07, 6.45) is 8.13. The van der Waals surface area contributed by atoms with Crippen LogP contribution in [0.4, 0.5) is 5.69 Å². The van der Waals surface area contributed by atoms with Gasteiger partial charge in [0, 0.05) is 41.6 Å². The molecule has 0 bridgehead atoms. The standard InChI is InChI=1S/C30H35ClN4O2/c1-34(30(37)23-4-10-24(31)11-5-23)26-14-8-22(9-15-26)21-6-12-25(13-7-21)33-29(36)28-3-2-20-35(28)27-16-18-32-19-17-27/h2-7,10-13,20,22,26-27,32H,8-9,14-19H2,1H3,(H,33,36). The van der Waals surface area contributed by atoms with Crippen molar-refractivity contribution in [2.24, 2.45) is 0 Å². The lowest BCUT2D eigenvalue weighted by Crippen LogP contribution is -2.39. The van der Waals surface area contributed by atoms with E-state index in [9.17, 15) is 9.59 Å². The number of nitrogens with one attached hydrogen (secondary N) is 2. The Balaban J connectivity index is 1.15. The summed E-state index contributed by atoms with van der Waals surface area (Å²) in [5.41, 5.74) is 3.50. The van der Waals surface area contributed by atoms with E-state index >= 15 is 0 Å². The lowest BCUT2D eigenvalue weighted by Gasteiger charge is -2.35. The molecule has 1 aromatic heterocycles. The Hall–Kier alpha value is -3.09. The van der Waals surface area contributed by atoms with Gasteiger partial charge < -0.3 is 20.1 Å². The van der Waals surface area contributed by atoms with Crippen molar-refractivity contribution in [3.05, 3.63) is 88.7 Å². The van der Waals surface area contributed by atoms with Gasteiger partial charge in [0.15, 0.2) is 0 Å². The second kappa shape index (κ2) is 11.5. The summed E-state index contributed by atoms with van der Waals surface area (Å²) >= 11 is 5.96. The third-order valence-electron chi connectivity index (χ3n) is 8.01. The summed E-state index contributed by atoms with van der Waals surface area (Å²) in [4.78, 5) is 27.8. The number of piperidine rings is 1. The molecule has 1 aliphatic heterocycles. The van der Waals surface area contributed by atoms with E-state index in [0.29, 0.717) is 28.2 Å². The fourth-order valence-electron chi connectivity index (χ4n) is 5.78. The number of carbonyl (C=O) groups excluding carboxylic acids is 2. The molecule has 2 N–H and O–H groups in total. The topological polar surface area (TPSA) is 66.4 Å². The zero-order chi connectivity index (χ0) is 25.8. The van der Waals surface area contributed by atoms with Crippen LogP contribution in [0.2, 0.25) is 5.02 Å². The van der Waals surface area contributed by atoms with Gasteiger partial charge in [-0.1, -0.05) is 23.7 Å². The summed E-state index contributed by atoms with van der Waals surface area (Å²) in [7, 11) is 1.90. The number of halogens is 1. The van der Waals surface area contributed by atoms with Gasteiger partial charge in [-0.3, -0.25) is 9.59 Å². The summed E-state index contributed by atoms with van der Waals surface area (Å²) < 4.78 is 2.12. The first-order chi connectivity index (χ1) is 18.0. The Morgan fingerprint density at radius 3 is 2.27 bits per heavy atom. The minimum absolute atomic E-state index is 0.0477. The van der Waals surface area contributed by atoms with Crippen molar-refractivity contribution in [2.75, 3.05) is 25.5 Å². The van der Waals surface area contributed by atoms with Crippen LogP contribution in [0.1, 0.15) is 76.9 Å². The number of benzene rings is 2. The number of aromatic nitrogens is 1. The largest absolute Gasteiger partial charge is 0.340 e. The molecule has 0 spiro atoms. The Labute approximate surface area is 224 Å². The fraction of sp³-hybridized carbons (Fsp3) is 0.400. The van der Waals surface area contributed by atoms with Crippen molar-refractivity contribution >= 4 is 29.1 Å². The van der Waals surface area contributed by atoms with E-state index in [4.69, 9.17) is 11.6 Å². The van der Waals surface area contributed by atoms with Crippen molar-refractivity contribution in [1.82, 2.24) is 14.8 Å². The van der Waals surface area contributed by atoms with Crippen molar-refractivity contribution < 1.29 is 9.59 Å². The molecule has 1 saturated carbocycles. The van der Waals surface area contributed by atoms with E-state index in [-0.39, 0.29) is 17.9 Å². The molecular weight excluding hydrogens is 484 g/mol. The molecule has 0 atom stereocenters. The molecule has 5 rings (SSSR count). The molecule has 2 fully saturated rings. The molecular formula is C30H35ClN4O2. The maximum Gasteiger partial charge on any atom is 0.272 e. The fourth-order valence-corrected chi connectivity index (χ4v) is 5.91. The minimum Gasteiger partial charge on any atom is -0.340 e. The molecule has 1 aliphatic carbocycles. The third-order valence-corrected chi connectivity index (χ3v) is 8.26. The predicted molar refractivity (Wildman–Crippen MR) is 149 cm³/mol. The predicted octanol–water partition coefficient (Wildman–Crippen LogP) is 6.12. The molecule has 3 aromatic rings. The van der Waals surface area contributed by atoms with Gasteiger partial charge in [0.2, 0.25) is 0 Å². The number of anilines is 1. The van der Waals surface area contributed by atoms with Gasteiger partial charge in [-0.15, -0.1) is 0 Å². The van der Waals surface area contributed by atoms with Crippen LogP contribution in [0.15, 0.2) is 66.9 Å². The molecule has 0 radical (unpaired) electrons. The first-order valence-corrected chi connectivity index (χ1v) is 13.7. The van der Waals surface area contributed by atoms with Crippen LogP contribution >= 0.6 is 11.6 Å². The summed E-state index contributed by atoms with van der Waals surface area (Å²) in [5, 5.41) is 7.10. The molecule has 2 amide bonds. The van der Waals surface area contributed by atoms with Crippen molar-refractivity contribution in [3.8, 4) is 0 Å². The molecule has 0 unspecified atom stereocenters. The van der Waals surface area contributed by atoms with Gasteiger partial charge in [-0.05, 0) is 112 Å². The van der Waals surface area contributed by atoms with Gasteiger partial charge in [0.1, 0.15) is 5.69 Å². The Morgan fingerprint density at radius 2 is 1.59 bits per heavy atom. The number of carbonyl (C=O) groups is 2. The van der Waals surface area contributed by atoms with Crippen LogP contribution in [-0.2, 0) is 0 Å². The third kappa shape index (κ3) is 5.91. The summed E-state index contributed by atoms with van der Waals surface area (Å²) in [6, 6.07) is 19.9. The number of hydrogen-bond donors (Lipinski definition) is 2. The molecule has 1 saturated heterocycles. The van der Waals surface area contributed by atoms with E-state index in [1.807, 2.05) is 42.4 Å². The lowest BCUT2D eigenvalue weighted by atomic mass is 9.81. The van der Waals surface area contributed by atoms with E-state index in [2.05, 4.69) is 27.3 Å². The highest BCUT2D eigenvalue weighted by Gasteiger charge is 2.28. The quantitative estimate of drug-likeness (QED) is 0.413. The molecule has 2 heterocycles. The number of rotatable bonds is 6. The first kappa shape index (κ1) is 25.6.